The fourth-order valence-corrected chi connectivity index (χ4v) is 4.44. The van der Waals surface area contributed by atoms with Gasteiger partial charge in [-0.3, -0.25) is 9.59 Å². The van der Waals surface area contributed by atoms with Crippen molar-refractivity contribution in [3.05, 3.63) is 51.4 Å². The molecular formula is C25H27ClN6O4. The van der Waals surface area contributed by atoms with Gasteiger partial charge in [0.25, 0.3) is 5.91 Å². The minimum atomic E-state index is -0.680. The van der Waals surface area contributed by atoms with Crippen LogP contribution in [0.5, 0.6) is 0 Å². The molecule has 2 aromatic heterocycles. The number of fused-ring (bicyclic) bond motifs is 1. The van der Waals surface area contributed by atoms with Crippen molar-refractivity contribution >= 4 is 34.4 Å². The lowest BCUT2D eigenvalue weighted by molar-refractivity contribution is -0.0136. The molecule has 188 valence electrons. The van der Waals surface area contributed by atoms with E-state index in [1.54, 1.807) is 22.8 Å². The summed E-state index contributed by atoms with van der Waals surface area (Å²) in [4.78, 5) is 34.6. The van der Waals surface area contributed by atoms with Crippen LogP contribution in [0, 0.1) is 11.3 Å². The van der Waals surface area contributed by atoms with E-state index in [2.05, 4.69) is 20.6 Å². The van der Waals surface area contributed by atoms with Gasteiger partial charge in [0.2, 0.25) is 5.95 Å². The summed E-state index contributed by atoms with van der Waals surface area (Å²) in [5.41, 5.74) is 1.57. The van der Waals surface area contributed by atoms with Gasteiger partial charge in [-0.05, 0) is 32.4 Å². The molecule has 0 spiro atoms. The van der Waals surface area contributed by atoms with E-state index in [1.165, 1.54) is 12.3 Å². The van der Waals surface area contributed by atoms with E-state index in [0.717, 1.165) is 0 Å². The number of aliphatic hydroxyl groups excluding tert-OH is 1. The second-order valence-corrected chi connectivity index (χ2v) is 9.23. The Hall–Kier alpha value is -3.52. The van der Waals surface area contributed by atoms with Crippen LogP contribution < -0.4 is 16.1 Å². The van der Waals surface area contributed by atoms with Crippen LogP contribution >= 0.6 is 11.6 Å². The molecule has 0 saturated carbocycles. The molecule has 1 aromatic carbocycles. The number of carbonyl (C=O) groups is 1. The highest BCUT2D eigenvalue weighted by Crippen LogP contribution is 2.30. The molecule has 4 rings (SSSR count). The molecule has 0 radical (unpaired) electrons. The van der Waals surface area contributed by atoms with Gasteiger partial charge in [-0.15, -0.1) is 0 Å². The van der Waals surface area contributed by atoms with Crippen molar-refractivity contribution in [2.75, 3.05) is 25.1 Å². The predicted octanol–water partition coefficient (Wildman–Crippen LogP) is 2.90. The molecule has 10 nitrogen and oxygen atoms in total. The Morgan fingerprint density at radius 2 is 2.19 bits per heavy atom. The number of rotatable bonds is 7. The maximum atomic E-state index is 12.9. The standard InChI is InChI=1S/C25H27ClN6O4/c1-14(2)32-19-10-15(4-5-16(19)21(33)11-20(32)24(35)28-8-3-7-27)23-17(26)12-29-25(31-23)30-18-6-9-36-13-22(18)34/h4-5,10-12,14,18,22,34H,3,6,8-9,13H2,1-2H3,(H,28,35)(H,29,30,31)/t18-,22-/m1/s1. The number of amides is 1. The largest absolute Gasteiger partial charge is 0.389 e. The Morgan fingerprint density at radius 1 is 1.39 bits per heavy atom. The summed E-state index contributed by atoms with van der Waals surface area (Å²) in [6.45, 7) is 4.79. The summed E-state index contributed by atoms with van der Waals surface area (Å²) in [6.07, 6.45) is 1.58. The third-order valence-electron chi connectivity index (χ3n) is 5.98. The van der Waals surface area contributed by atoms with Gasteiger partial charge in [-0.2, -0.15) is 5.26 Å². The summed E-state index contributed by atoms with van der Waals surface area (Å²) < 4.78 is 7.06. The zero-order chi connectivity index (χ0) is 25.8. The van der Waals surface area contributed by atoms with Crippen LogP contribution in [0.4, 0.5) is 5.95 Å². The Balaban J connectivity index is 1.77. The van der Waals surface area contributed by atoms with Crippen molar-refractivity contribution < 1.29 is 14.6 Å². The minimum Gasteiger partial charge on any atom is -0.389 e. The van der Waals surface area contributed by atoms with Crippen molar-refractivity contribution in [2.45, 2.75) is 44.9 Å². The predicted molar refractivity (Wildman–Crippen MR) is 136 cm³/mol. The van der Waals surface area contributed by atoms with Gasteiger partial charge in [0.15, 0.2) is 5.43 Å². The Labute approximate surface area is 212 Å². The maximum Gasteiger partial charge on any atom is 0.268 e. The number of nitrogens with zero attached hydrogens (tertiary/aromatic N) is 4. The third kappa shape index (κ3) is 5.33. The van der Waals surface area contributed by atoms with E-state index in [-0.39, 0.29) is 42.8 Å². The molecule has 11 heteroatoms. The number of aliphatic hydroxyl groups is 1. The maximum absolute atomic E-state index is 12.9. The summed E-state index contributed by atoms with van der Waals surface area (Å²) in [7, 11) is 0. The van der Waals surface area contributed by atoms with Crippen LogP contribution in [0.15, 0.2) is 35.3 Å². The third-order valence-corrected chi connectivity index (χ3v) is 6.26. The van der Waals surface area contributed by atoms with Crippen molar-refractivity contribution in [2.24, 2.45) is 0 Å². The first-order chi connectivity index (χ1) is 17.3. The van der Waals surface area contributed by atoms with Gasteiger partial charge in [0, 0.05) is 36.2 Å². The second kappa shape index (κ2) is 11.0. The average Bonchev–Trinajstić information content (AvgIpc) is 2.86. The average molecular weight is 511 g/mol. The first-order valence-electron chi connectivity index (χ1n) is 11.7. The number of hydrogen-bond acceptors (Lipinski definition) is 8. The highest BCUT2D eigenvalue weighted by molar-refractivity contribution is 6.33. The SMILES string of the molecule is CC(C)n1c(C(=O)NCCC#N)cc(=O)c2ccc(-c3nc(N[C@@H]4CCOC[C@H]4O)ncc3Cl)cc21. The molecule has 36 heavy (non-hydrogen) atoms. The van der Waals surface area contributed by atoms with Crippen molar-refractivity contribution in [1.82, 2.24) is 19.9 Å². The highest BCUT2D eigenvalue weighted by Gasteiger charge is 2.25. The Bertz CT molecular complexity index is 1380. The minimum absolute atomic E-state index is 0.145. The second-order valence-electron chi connectivity index (χ2n) is 8.83. The van der Waals surface area contributed by atoms with E-state index in [9.17, 15) is 14.7 Å². The Kier molecular flexibility index (Phi) is 7.84. The molecule has 0 aliphatic carbocycles. The number of ether oxygens (including phenoxy) is 1. The van der Waals surface area contributed by atoms with Crippen molar-refractivity contribution in [3.8, 4) is 17.3 Å². The summed E-state index contributed by atoms with van der Waals surface area (Å²) >= 11 is 6.46. The molecule has 1 fully saturated rings. The van der Waals surface area contributed by atoms with Crippen LogP contribution in [0.25, 0.3) is 22.2 Å². The summed E-state index contributed by atoms with van der Waals surface area (Å²) in [5.74, 6) is -0.114. The smallest absolute Gasteiger partial charge is 0.268 e. The van der Waals surface area contributed by atoms with Crippen LogP contribution in [0.1, 0.15) is 43.2 Å². The van der Waals surface area contributed by atoms with Crippen molar-refractivity contribution in [3.63, 3.8) is 0 Å². The lowest BCUT2D eigenvalue weighted by Gasteiger charge is -2.28. The zero-order valence-corrected chi connectivity index (χ0v) is 20.7. The number of aromatic nitrogens is 3. The number of nitriles is 1. The molecular weight excluding hydrogens is 484 g/mol. The van der Waals surface area contributed by atoms with E-state index in [1.807, 2.05) is 19.9 Å². The molecule has 1 amide bonds. The fraction of sp³-hybridized carbons (Fsp3) is 0.400. The normalized spacial score (nSPS) is 17.7. The topological polar surface area (TPSA) is 142 Å². The lowest BCUT2D eigenvalue weighted by atomic mass is 10.1. The lowest BCUT2D eigenvalue weighted by Crippen LogP contribution is -2.42. The van der Waals surface area contributed by atoms with Crippen LogP contribution in [-0.2, 0) is 4.74 Å². The highest BCUT2D eigenvalue weighted by atomic mass is 35.5. The molecule has 3 heterocycles. The van der Waals surface area contributed by atoms with E-state index in [4.69, 9.17) is 21.6 Å². The first-order valence-corrected chi connectivity index (χ1v) is 12.1. The van der Waals surface area contributed by atoms with E-state index < -0.39 is 12.0 Å². The number of halogens is 1. The molecule has 1 aliphatic heterocycles. The van der Waals surface area contributed by atoms with Crippen molar-refractivity contribution in [1.29, 1.82) is 5.26 Å². The van der Waals surface area contributed by atoms with Gasteiger partial charge in [-0.1, -0.05) is 17.7 Å². The zero-order valence-electron chi connectivity index (χ0n) is 20.0. The monoisotopic (exact) mass is 510 g/mol. The molecule has 1 aliphatic rings. The summed E-state index contributed by atoms with van der Waals surface area (Å²) in [6, 6.07) is 8.13. The fourth-order valence-electron chi connectivity index (χ4n) is 4.24. The number of carbonyl (C=O) groups excluding carboxylic acids is 1. The van der Waals surface area contributed by atoms with Gasteiger partial charge >= 0.3 is 0 Å². The van der Waals surface area contributed by atoms with Gasteiger partial charge < -0.3 is 25.0 Å². The van der Waals surface area contributed by atoms with Crippen LogP contribution in [-0.4, -0.2) is 57.5 Å². The Morgan fingerprint density at radius 3 is 2.92 bits per heavy atom. The quantitative estimate of drug-likeness (QED) is 0.412. The molecule has 0 unspecified atom stereocenters. The van der Waals surface area contributed by atoms with Gasteiger partial charge in [0.1, 0.15) is 5.69 Å². The number of hydrogen-bond donors (Lipinski definition) is 3. The van der Waals surface area contributed by atoms with E-state index >= 15 is 0 Å². The molecule has 1 saturated heterocycles. The molecule has 2 atom stereocenters. The number of anilines is 1. The number of pyridine rings is 1. The number of nitrogens with one attached hydrogen (secondary N) is 2. The summed E-state index contributed by atoms with van der Waals surface area (Å²) in [5, 5.41) is 25.6. The molecule has 3 aromatic rings. The van der Waals surface area contributed by atoms with Crippen LogP contribution in [0.2, 0.25) is 5.02 Å². The van der Waals surface area contributed by atoms with Crippen LogP contribution in [0.3, 0.4) is 0 Å². The first kappa shape index (κ1) is 25.6. The number of benzene rings is 1. The molecule has 0 bridgehead atoms. The molecule has 3 N–H and O–H groups in total. The van der Waals surface area contributed by atoms with Gasteiger partial charge in [0.05, 0.1) is 53.7 Å². The van der Waals surface area contributed by atoms with Gasteiger partial charge in [-0.25, -0.2) is 9.97 Å². The van der Waals surface area contributed by atoms with E-state index in [0.29, 0.717) is 46.2 Å².